The number of rotatable bonds is 3. The number of carbonyl (C=O) groups excluding carboxylic acids is 1. The Morgan fingerprint density at radius 1 is 1.47 bits per heavy atom. The Morgan fingerprint density at radius 2 is 2.11 bits per heavy atom. The third kappa shape index (κ3) is 2.81. The van der Waals surface area contributed by atoms with Crippen LogP contribution in [0.1, 0.15) is 23.2 Å². The van der Waals surface area contributed by atoms with E-state index in [0.29, 0.717) is 27.9 Å². The number of carbonyl (C=O) groups is 1. The van der Waals surface area contributed by atoms with Crippen LogP contribution in [0.4, 0.5) is 0 Å². The highest BCUT2D eigenvalue weighted by Crippen LogP contribution is 2.34. The van der Waals surface area contributed by atoms with E-state index in [1.54, 1.807) is 17.0 Å². The van der Waals surface area contributed by atoms with Crippen LogP contribution < -0.4 is 4.74 Å². The van der Waals surface area contributed by atoms with E-state index in [0.717, 1.165) is 12.8 Å². The van der Waals surface area contributed by atoms with Gasteiger partial charge in [0.25, 0.3) is 5.91 Å². The summed E-state index contributed by atoms with van der Waals surface area (Å²) in [5, 5.41) is 9.87. The third-order valence-electron chi connectivity index (χ3n) is 3.30. The first-order chi connectivity index (χ1) is 9.08. The van der Waals surface area contributed by atoms with E-state index in [9.17, 15) is 9.90 Å². The second kappa shape index (κ2) is 5.99. The molecule has 2 rings (SSSR count). The molecular weight excluding hydrogens is 289 g/mol. The molecule has 1 amide bonds. The first kappa shape index (κ1) is 14.4. The number of benzene rings is 1. The van der Waals surface area contributed by atoms with Gasteiger partial charge in [0.1, 0.15) is 0 Å². The van der Waals surface area contributed by atoms with E-state index in [1.807, 2.05) is 0 Å². The lowest BCUT2D eigenvalue weighted by Crippen LogP contribution is -2.37. The van der Waals surface area contributed by atoms with E-state index < -0.39 is 0 Å². The zero-order chi connectivity index (χ0) is 14.0. The number of amides is 1. The van der Waals surface area contributed by atoms with Crippen LogP contribution in [-0.2, 0) is 0 Å². The maximum atomic E-state index is 12.4. The summed E-state index contributed by atoms with van der Waals surface area (Å²) in [5.74, 6) is 0.197. The zero-order valence-electron chi connectivity index (χ0n) is 10.5. The van der Waals surface area contributed by atoms with E-state index >= 15 is 0 Å². The van der Waals surface area contributed by atoms with Crippen LogP contribution in [0.15, 0.2) is 12.1 Å². The van der Waals surface area contributed by atoms with Crippen LogP contribution >= 0.6 is 23.2 Å². The average molecular weight is 304 g/mol. The van der Waals surface area contributed by atoms with E-state index in [2.05, 4.69) is 0 Å². The van der Waals surface area contributed by atoms with Crippen molar-refractivity contribution in [1.29, 1.82) is 0 Å². The lowest BCUT2D eigenvalue weighted by Gasteiger charge is -2.23. The van der Waals surface area contributed by atoms with Crippen LogP contribution in [0.5, 0.6) is 5.75 Å². The fourth-order valence-electron chi connectivity index (χ4n) is 2.34. The van der Waals surface area contributed by atoms with E-state index in [-0.39, 0.29) is 18.6 Å². The molecule has 1 aromatic carbocycles. The summed E-state index contributed by atoms with van der Waals surface area (Å²) < 4.78 is 5.05. The number of nitrogens with zero attached hydrogens (tertiary/aromatic N) is 1. The number of hydrogen-bond donors (Lipinski definition) is 1. The molecule has 104 valence electrons. The van der Waals surface area contributed by atoms with Crippen LogP contribution in [0.2, 0.25) is 10.0 Å². The minimum absolute atomic E-state index is 0.0244. The summed E-state index contributed by atoms with van der Waals surface area (Å²) in [6.45, 7) is 0.620. The van der Waals surface area contributed by atoms with Crippen LogP contribution in [0.3, 0.4) is 0 Å². The van der Waals surface area contributed by atoms with Gasteiger partial charge in [-0.05, 0) is 25.0 Å². The van der Waals surface area contributed by atoms with Gasteiger partial charge >= 0.3 is 0 Å². The summed E-state index contributed by atoms with van der Waals surface area (Å²) >= 11 is 12.1. The van der Waals surface area contributed by atoms with Crippen molar-refractivity contribution >= 4 is 29.1 Å². The van der Waals surface area contributed by atoms with Crippen LogP contribution in [0.25, 0.3) is 0 Å². The topological polar surface area (TPSA) is 49.8 Å². The molecule has 19 heavy (non-hydrogen) atoms. The van der Waals surface area contributed by atoms with Gasteiger partial charge in [0.15, 0.2) is 5.75 Å². The normalized spacial score (nSPS) is 18.7. The monoisotopic (exact) mass is 303 g/mol. The van der Waals surface area contributed by atoms with Crippen molar-refractivity contribution in [3.63, 3.8) is 0 Å². The molecule has 0 saturated carbocycles. The standard InChI is InChI=1S/C13H15Cl2NO3/c1-19-12-10(14)5-8(6-11(12)15)13(18)16-4-2-3-9(16)7-17/h5-6,9,17H,2-4,7H2,1H3/t9-/m1/s1. The van der Waals surface area contributed by atoms with Crippen LogP contribution in [-0.4, -0.2) is 42.2 Å². The van der Waals surface area contributed by atoms with Crippen molar-refractivity contribution in [2.75, 3.05) is 20.3 Å². The Balaban J connectivity index is 2.29. The molecule has 6 heteroatoms. The first-order valence-electron chi connectivity index (χ1n) is 6.03. The van der Waals surface area contributed by atoms with Gasteiger partial charge in [0, 0.05) is 12.1 Å². The van der Waals surface area contributed by atoms with Crippen molar-refractivity contribution in [2.45, 2.75) is 18.9 Å². The fraction of sp³-hybridized carbons (Fsp3) is 0.462. The van der Waals surface area contributed by atoms with Gasteiger partial charge in [-0.15, -0.1) is 0 Å². The second-order valence-corrected chi connectivity index (χ2v) is 5.26. The number of halogens is 2. The van der Waals surface area contributed by atoms with Gasteiger partial charge in [-0.2, -0.15) is 0 Å². The molecule has 1 aromatic rings. The molecule has 1 N–H and O–H groups in total. The van der Waals surface area contributed by atoms with Crippen molar-refractivity contribution in [2.24, 2.45) is 0 Å². The second-order valence-electron chi connectivity index (χ2n) is 4.45. The number of ether oxygens (including phenoxy) is 1. The molecule has 0 spiro atoms. The lowest BCUT2D eigenvalue weighted by atomic mass is 10.1. The molecule has 0 unspecified atom stereocenters. The summed E-state index contributed by atoms with van der Waals surface area (Å²) in [5.41, 5.74) is 0.413. The number of hydrogen-bond acceptors (Lipinski definition) is 3. The largest absolute Gasteiger partial charge is 0.494 e. The Hall–Kier alpha value is -0.970. The van der Waals surface area contributed by atoms with Gasteiger partial charge in [0.05, 0.1) is 29.8 Å². The van der Waals surface area contributed by atoms with Crippen molar-refractivity contribution in [3.8, 4) is 5.75 Å². The molecule has 0 aromatic heterocycles. The quantitative estimate of drug-likeness (QED) is 0.934. The number of likely N-dealkylation sites (tertiary alicyclic amines) is 1. The first-order valence-corrected chi connectivity index (χ1v) is 6.79. The summed E-state index contributed by atoms with van der Waals surface area (Å²) in [6.07, 6.45) is 1.72. The van der Waals surface area contributed by atoms with E-state index in [1.165, 1.54) is 7.11 Å². The van der Waals surface area contributed by atoms with Gasteiger partial charge in [-0.3, -0.25) is 4.79 Å². The number of aliphatic hydroxyl groups is 1. The Kier molecular flexibility index (Phi) is 4.55. The highest BCUT2D eigenvalue weighted by Gasteiger charge is 2.29. The fourth-order valence-corrected chi connectivity index (χ4v) is 2.98. The van der Waals surface area contributed by atoms with Gasteiger partial charge < -0.3 is 14.7 Å². The number of aliphatic hydroxyl groups excluding tert-OH is 1. The molecule has 1 aliphatic heterocycles. The highest BCUT2D eigenvalue weighted by molar-refractivity contribution is 6.37. The minimum Gasteiger partial charge on any atom is -0.494 e. The maximum Gasteiger partial charge on any atom is 0.254 e. The molecule has 1 aliphatic rings. The molecule has 0 aliphatic carbocycles. The molecular formula is C13H15Cl2NO3. The smallest absolute Gasteiger partial charge is 0.254 e. The molecule has 1 heterocycles. The Labute approximate surface area is 121 Å². The van der Waals surface area contributed by atoms with Gasteiger partial charge in [0.2, 0.25) is 0 Å². The Bertz CT molecular complexity index is 470. The predicted octanol–water partition coefficient (Wildman–Crippen LogP) is 2.60. The van der Waals surface area contributed by atoms with Gasteiger partial charge in [-0.25, -0.2) is 0 Å². The number of methoxy groups -OCH3 is 1. The van der Waals surface area contributed by atoms with Crippen LogP contribution in [0, 0.1) is 0 Å². The molecule has 4 nitrogen and oxygen atoms in total. The average Bonchev–Trinajstić information content (AvgIpc) is 2.85. The Morgan fingerprint density at radius 3 is 2.63 bits per heavy atom. The molecule has 1 atom stereocenters. The van der Waals surface area contributed by atoms with Gasteiger partial charge in [-0.1, -0.05) is 23.2 Å². The lowest BCUT2D eigenvalue weighted by molar-refractivity contribution is 0.0677. The highest BCUT2D eigenvalue weighted by atomic mass is 35.5. The summed E-state index contributed by atoms with van der Waals surface area (Å²) in [4.78, 5) is 14.0. The molecule has 0 bridgehead atoms. The minimum atomic E-state index is -0.164. The third-order valence-corrected chi connectivity index (χ3v) is 3.86. The van der Waals surface area contributed by atoms with E-state index in [4.69, 9.17) is 27.9 Å². The van der Waals surface area contributed by atoms with Crippen molar-refractivity contribution < 1.29 is 14.6 Å². The molecule has 0 radical (unpaired) electrons. The maximum absolute atomic E-state index is 12.4. The van der Waals surface area contributed by atoms with Crippen molar-refractivity contribution in [1.82, 2.24) is 4.90 Å². The van der Waals surface area contributed by atoms with Crippen molar-refractivity contribution in [3.05, 3.63) is 27.7 Å². The molecule has 1 fully saturated rings. The summed E-state index contributed by atoms with van der Waals surface area (Å²) in [6, 6.07) is 2.97. The summed E-state index contributed by atoms with van der Waals surface area (Å²) in [7, 11) is 1.47. The molecule has 1 saturated heterocycles. The zero-order valence-corrected chi connectivity index (χ0v) is 12.0. The predicted molar refractivity (Wildman–Crippen MR) is 74.2 cm³/mol. The SMILES string of the molecule is COc1c(Cl)cc(C(=O)N2CCC[C@@H]2CO)cc1Cl.